The van der Waals surface area contributed by atoms with E-state index in [9.17, 15) is 0 Å². The summed E-state index contributed by atoms with van der Waals surface area (Å²) < 4.78 is 11.0. The number of ether oxygens (including phenoxy) is 2. The Hall–Kier alpha value is -2.56. The molecule has 21 heavy (non-hydrogen) atoms. The van der Waals surface area contributed by atoms with Gasteiger partial charge in [0.05, 0.1) is 19.4 Å². The molecule has 0 saturated carbocycles. The first-order valence-electron chi connectivity index (χ1n) is 6.64. The second-order valence-corrected chi connectivity index (χ2v) is 4.47. The van der Waals surface area contributed by atoms with Crippen molar-refractivity contribution in [2.45, 2.75) is 13.3 Å². The molecule has 1 N–H and O–H groups in total. The van der Waals surface area contributed by atoms with E-state index >= 15 is 0 Å². The average Bonchev–Trinajstić information content (AvgIpc) is 2.55. The van der Waals surface area contributed by atoms with Crippen LogP contribution in [0.1, 0.15) is 18.2 Å². The number of pyridine rings is 1. The first-order chi connectivity index (χ1) is 10.2. The Bertz CT molecular complexity index is 612. The third-order valence-corrected chi connectivity index (χ3v) is 3.07. The van der Waals surface area contributed by atoms with Gasteiger partial charge in [0.1, 0.15) is 0 Å². The summed E-state index contributed by atoms with van der Waals surface area (Å²) in [5.74, 6) is 1.26. The summed E-state index contributed by atoms with van der Waals surface area (Å²) in [6, 6.07) is 11.2. The summed E-state index contributed by atoms with van der Waals surface area (Å²) in [7, 11) is 1.58. The largest absolute Gasteiger partial charge is 0.493 e. The summed E-state index contributed by atoms with van der Waals surface area (Å²) in [5, 5.41) is 12.0. The second-order valence-electron chi connectivity index (χ2n) is 4.47. The minimum Gasteiger partial charge on any atom is -0.493 e. The number of oxime groups is 1. The van der Waals surface area contributed by atoms with Crippen LogP contribution in [0.3, 0.4) is 0 Å². The Labute approximate surface area is 123 Å². The number of rotatable bonds is 6. The normalized spacial score (nSPS) is 11.2. The average molecular weight is 286 g/mol. The number of nitrogens with zero attached hydrogens (tertiary/aromatic N) is 2. The topological polar surface area (TPSA) is 63.9 Å². The highest BCUT2D eigenvalue weighted by Crippen LogP contribution is 2.28. The van der Waals surface area contributed by atoms with Gasteiger partial charge in [-0.05, 0) is 37.3 Å². The summed E-state index contributed by atoms with van der Waals surface area (Å²) in [4.78, 5) is 4.25. The van der Waals surface area contributed by atoms with Crippen molar-refractivity contribution in [2.24, 2.45) is 5.16 Å². The van der Waals surface area contributed by atoms with E-state index in [0.29, 0.717) is 23.8 Å². The van der Waals surface area contributed by atoms with Crippen molar-refractivity contribution in [1.82, 2.24) is 4.98 Å². The minimum absolute atomic E-state index is 0.514. The molecule has 1 aromatic heterocycles. The quantitative estimate of drug-likeness (QED) is 0.504. The first kappa shape index (κ1) is 14.8. The van der Waals surface area contributed by atoms with Gasteiger partial charge in [0.2, 0.25) is 0 Å². The van der Waals surface area contributed by atoms with Crippen LogP contribution >= 0.6 is 0 Å². The van der Waals surface area contributed by atoms with E-state index in [1.54, 1.807) is 32.4 Å². The van der Waals surface area contributed by atoms with E-state index in [1.165, 1.54) is 0 Å². The van der Waals surface area contributed by atoms with Crippen molar-refractivity contribution in [3.05, 3.63) is 53.9 Å². The SMILES string of the molecule is COc1cc(/C(C)=N/O)ccc1OCCc1ccccn1. The fraction of sp³-hybridized carbons (Fsp3) is 0.250. The Balaban J connectivity index is 2.03. The van der Waals surface area contributed by atoms with Gasteiger partial charge >= 0.3 is 0 Å². The van der Waals surface area contributed by atoms with Gasteiger partial charge in [-0.1, -0.05) is 11.2 Å². The molecule has 1 heterocycles. The fourth-order valence-electron chi connectivity index (χ4n) is 1.88. The Morgan fingerprint density at radius 3 is 2.76 bits per heavy atom. The van der Waals surface area contributed by atoms with Gasteiger partial charge in [-0.15, -0.1) is 0 Å². The highest BCUT2D eigenvalue weighted by atomic mass is 16.5. The zero-order valence-electron chi connectivity index (χ0n) is 12.1. The van der Waals surface area contributed by atoms with Crippen molar-refractivity contribution in [2.75, 3.05) is 13.7 Å². The number of methoxy groups -OCH3 is 1. The lowest BCUT2D eigenvalue weighted by Gasteiger charge is -2.11. The molecule has 0 unspecified atom stereocenters. The maximum Gasteiger partial charge on any atom is 0.161 e. The van der Waals surface area contributed by atoms with Crippen molar-refractivity contribution in [1.29, 1.82) is 0 Å². The predicted molar refractivity (Wildman–Crippen MR) is 80.4 cm³/mol. The first-order valence-corrected chi connectivity index (χ1v) is 6.64. The van der Waals surface area contributed by atoms with Crippen molar-refractivity contribution >= 4 is 5.71 Å². The van der Waals surface area contributed by atoms with Crippen LogP contribution in [0.4, 0.5) is 0 Å². The third-order valence-electron chi connectivity index (χ3n) is 3.07. The van der Waals surface area contributed by atoms with Crippen LogP contribution in [-0.4, -0.2) is 29.6 Å². The molecule has 0 bridgehead atoms. The fourth-order valence-corrected chi connectivity index (χ4v) is 1.88. The standard InChI is InChI=1S/C16H18N2O3/c1-12(18-19)13-6-7-15(16(11-13)20-2)21-10-8-14-5-3-4-9-17-14/h3-7,9,11,19H,8,10H2,1-2H3/b18-12+. The van der Waals surface area contributed by atoms with Crippen LogP contribution in [0.5, 0.6) is 11.5 Å². The lowest BCUT2D eigenvalue weighted by atomic mass is 10.1. The van der Waals surface area contributed by atoms with Gasteiger partial charge < -0.3 is 14.7 Å². The Morgan fingerprint density at radius 2 is 2.10 bits per heavy atom. The van der Waals surface area contributed by atoms with Gasteiger partial charge in [0.25, 0.3) is 0 Å². The summed E-state index contributed by atoms with van der Waals surface area (Å²) in [5.41, 5.74) is 2.29. The van der Waals surface area contributed by atoms with E-state index in [0.717, 1.165) is 17.7 Å². The van der Waals surface area contributed by atoms with Gasteiger partial charge in [-0.2, -0.15) is 0 Å². The molecule has 0 aliphatic heterocycles. The molecule has 0 aliphatic rings. The van der Waals surface area contributed by atoms with E-state index in [-0.39, 0.29) is 0 Å². The smallest absolute Gasteiger partial charge is 0.161 e. The van der Waals surface area contributed by atoms with Crippen molar-refractivity contribution in [3.8, 4) is 11.5 Å². The number of hydrogen-bond acceptors (Lipinski definition) is 5. The maximum atomic E-state index is 8.80. The van der Waals surface area contributed by atoms with E-state index in [4.69, 9.17) is 14.7 Å². The number of benzene rings is 1. The molecular weight excluding hydrogens is 268 g/mol. The molecule has 0 saturated heterocycles. The molecule has 0 spiro atoms. The second kappa shape index (κ2) is 7.28. The molecule has 2 rings (SSSR count). The van der Waals surface area contributed by atoms with Gasteiger partial charge in [-0.25, -0.2) is 0 Å². The summed E-state index contributed by atoms with van der Waals surface area (Å²) >= 11 is 0. The maximum absolute atomic E-state index is 8.80. The van der Waals surface area contributed by atoms with E-state index in [2.05, 4.69) is 10.1 Å². The zero-order valence-corrected chi connectivity index (χ0v) is 12.1. The molecule has 2 aromatic rings. The van der Waals surface area contributed by atoms with Crippen LogP contribution in [0.2, 0.25) is 0 Å². The highest BCUT2D eigenvalue weighted by Gasteiger charge is 2.08. The van der Waals surface area contributed by atoms with Crippen molar-refractivity contribution < 1.29 is 14.7 Å². The van der Waals surface area contributed by atoms with Gasteiger partial charge in [0.15, 0.2) is 11.5 Å². The Morgan fingerprint density at radius 1 is 1.24 bits per heavy atom. The van der Waals surface area contributed by atoms with Crippen LogP contribution in [0.15, 0.2) is 47.8 Å². The number of hydrogen-bond donors (Lipinski definition) is 1. The lowest BCUT2D eigenvalue weighted by molar-refractivity contribution is 0.296. The molecule has 5 heteroatoms. The lowest BCUT2D eigenvalue weighted by Crippen LogP contribution is -2.04. The molecular formula is C16H18N2O3. The molecule has 110 valence electrons. The van der Waals surface area contributed by atoms with Gasteiger partial charge in [0, 0.05) is 23.9 Å². The Kier molecular flexibility index (Phi) is 5.15. The highest BCUT2D eigenvalue weighted by molar-refractivity contribution is 5.98. The van der Waals surface area contributed by atoms with Crippen LogP contribution in [0, 0.1) is 0 Å². The van der Waals surface area contributed by atoms with Crippen molar-refractivity contribution in [3.63, 3.8) is 0 Å². The van der Waals surface area contributed by atoms with Crippen LogP contribution in [-0.2, 0) is 6.42 Å². The zero-order chi connectivity index (χ0) is 15.1. The van der Waals surface area contributed by atoms with E-state index in [1.807, 2.05) is 24.3 Å². The molecule has 1 aromatic carbocycles. The minimum atomic E-state index is 0.514. The molecule has 5 nitrogen and oxygen atoms in total. The van der Waals surface area contributed by atoms with Crippen LogP contribution in [0.25, 0.3) is 0 Å². The number of aromatic nitrogens is 1. The molecule has 0 radical (unpaired) electrons. The van der Waals surface area contributed by atoms with Crippen LogP contribution < -0.4 is 9.47 Å². The predicted octanol–water partition coefficient (Wildman–Crippen LogP) is 2.91. The van der Waals surface area contributed by atoms with Gasteiger partial charge in [-0.3, -0.25) is 4.98 Å². The molecule has 0 fully saturated rings. The third kappa shape index (κ3) is 3.95. The monoisotopic (exact) mass is 286 g/mol. The molecule has 0 aliphatic carbocycles. The molecule has 0 atom stereocenters. The summed E-state index contributed by atoms with van der Waals surface area (Å²) in [6.07, 6.45) is 2.49. The van der Waals surface area contributed by atoms with E-state index < -0.39 is 0 Å². The molecule has 0 amide bonds. The summed E-state index contributed by atoms with van der Waals surface area (Å²) in [6.45, 7) is 2.23.